The summed E-state index contributed by atoms with van der Waals surface area (Å²) in [5.74, 6) is 0.00838. The monoisotopic (exact) mass is 207 g/mol. The normalized spacial score (nSPS) is 9.93. The van der Waals surface area contributed by atoms with Crippen molar-refractivity contribution in [2.24, 2.45) is 5.73 Å². The van der Waals surface area contributed by atoms with E-state index in [9.17, 15) is 4.79 Å². The van der Waals surface area contributed by atoms with Gasteiger partial charge in [0, 0.05) is 12.2 Å². The number of rotatable bonds is 5. The zero-order chi connectivity index (χ0) is 11.1. The van der Waals surface area contributed by atoms with Crippen LogP contribution in [0.15, 0.2) is 24.3 Å². The summed E-state index contributed by atoms with van der Waals surface area (Å²) in [6.45, 7) is 1.23. The van der Waals surface area contributed by atoms with E-state index in [1.54, 1.807) is 6.07 Å². The average Bonchev–Trinajstić information content (AvgIpc) is 2.18. The Bertz CT molecular complexity index is 325. The van der Waals surface area contributed by atoms with Crippen molar-refractivity contribution in [3.8, 4) is 0 Å². The molecule has 15 heavy (non-hydrogen) atoms. The van der Waals surface area contributed by atoms with Crippen molar-refractivity contribution in [1.29, 1.82) is 0 Å². The zero-order valence-electron chi connectivity index (χ0n) is 8.70. The number of nitrogens with two attached hydrogens (primary N) is 2. The maximum absolute atomic E-state index is 11.4. The summed E-state index contributed by atoms with van der Waals surface area (Å²) in [6.07, 6.45) is 1.18. The third-order valence-electron chi connectivity index (χ3n) is 2.02. The van der Waals surface area contributed by atoms with Crippen LogP contribution in [0.5, 0.6) is 0 Å². The van der Waals surface area contributed by atoms with Crippen LogP contribution in [0.4, 0.5) is 5.69 Å². The maximum atomic E-state index is 11.4. The highest BCUT2D eigenvalue weighted by molar-refractivity contribution is 5.78. The van der Waals surface area contributed by atoms with E-state index in [2.05, 4.69) is 5.32 Å². The molecule has 0 aliphatic carbocycles. The lowest BCUT2D eigenvalue weighted by Crippen LogP contribution is -2.27. The Labute approximate surface area is 89.6 Å². The standard InChI is InChI=1S/C11H17N3O/c12-5-2-6-14-11(15)8-9-3-1-4-10(13)7-9/h1,3-4,7H,2,5-6,8,12-13H2,(H,14,15). The van der Waals surface area contributed by atoms with Crippen LogP contribution in [0.25, 0.3) is 0 Å². The van der Waals surface area contributed by atoms with E-state index in [1.807, 2.05) is 18.2 Å². The van der Waals surface area contributed by atoms with E-state index in [1.165, 1.54) is 0 Å². The Morgan fingerprint density at radius 1 is 1.40 bits per heavy atom. The molecule has 0 radical (unpaired) electrons. The van der Waals surface area contributed by atoms with Gasteiger partial charge in [-0.1, -0.05) is 12.1 Å². The number of carbonyl (C=O) groups is 1. The van der Waals surface area contributed by atoms with Crippen molar-refractivity contribution in [1.82, 2.24) is 5.32 Å². The molecule has 0 bridgehead atoms. The Morgan fingerprint density at radius 3 is 2.87 bits per heavy atom. The molecule has 0 aliphatic rings. The van der Waals surface area contributed by atoms with E-state index in [0.717, 1.165) is 12.0 Å². The largest absolute Gasteiger partial charge is 0.399 e. The molecule has 1 aromatic rings. The molecule has 0 aliphatic heterocycles. The number of nitrogens with one attached hydrogen (secondary N) is 1. The van der Waals surface area contributed by atoms with E-state index >= 15 is 0 Å². The van der Waals surface area contributed by atoms with Crippen LogP contribution in [0, 0.1) is 0 Å². The third kappa shape index (κ3) is 4.46. The molecule has 4 nitrogen and oxygen atoms in total. The van der Waals surface area contributed by atoms with Gasteiger partial charge in [0.1, 0.15) is 0 Å². The van der Waals surface area contributed by atoms with Crippen molar-refractivity contribution >= 4 is 11.6 Å². The lowest BCUT2D eigenvalue weighted by Gasteiger charge is -2.04. The molecule has 0 fully saturated rings. The van der Waals surface area contributed by atoms with Gasteiger partial charge in [-0.15, -0.1) is 0 Å². The smallest absolute Gasteiger partial charge is 0.224 e. The first-order valence-electron chi connectivity index (χ1n) is 5.03. The summed E-state index contributed by atoms with van der Waals surface area (Å²) >= 11 is 0. The highest BCUT2D eigenvalue weighted by Crippen LogP contribution is 2.06. The van der Waals surface area contributed by atoms with E-state index in [0.29, 0.717) is 25.2 Å². The minimum atomic E-state index is 0.00838. The fourth-order valence-electron chi connectivity index (χ4n) is 1.28. The number of carbonyl (C=O) groups excluding carboxylic acids is 1. The summed E-state index contributed by atoms with van der Waals surface area (Å²) in [7, 11) is 0. The van der Waals surface area contributed by atoms with Crippen molar-refractivity contribution in [2.75, 3.05) is 18.8 Å². The average molecular weight is 207 g/mol. The second kappa shape index (κ2) is 6.03. The fraction of sp³-hybridized carbons (Fsp3) is 0.364. The number of nitrogen functional groups attached to an aromatic ring is 1. The highest BCUT2D eigenvalue weighted by Gasteiger charge is 2.02. The zero-order valence-corrected chi connectivity index (χ0v) is 8.70. The van der Waals surface area contributed by atoms with Crippen LogP contribution in [-0.4, -0.2) is 19.0 Å². The number of hydrogen-bond acceptors (Lipinski definition) is 3. The lowest BCUT2D eigenvalue weighted by atomic mass is 10.1. The van der Waals surface area contributed by atoms with Crippen LogP contribution >= 0.6 is 0 Å². The molecule has 0 aromatic heterocycles. The summed E-state index contributed by atoms with van der Waals surface area (Å²) in [5, 5.41) is 2.79. The molecule has 0 heterocycles. The van der Waals surface area contributed by atoms with Crippen molar-refractivity contribution in [2.45, 2.75) is 12.8 Å². The molecule has 0 unspecified atom stereocenters. The fourth-order valence-corrected chi connectivity index (χ4v) is 1.28. The molecule has 0 atom stereocenters. The first-order chi connectivity index (χ1) is 7.22. The van der Waals surface area contributed by atoms with Crippen molar-refractivity contribution in [3.05, 3.63) is 29.8 Å². The third-order valence-corrected chi connectivity index (χ3v) is 2.02. The van der Waals surface area contributed by atoms with Gasteiger partial charge in [-0.3, -0.25) is 4.79 Å². The summed E-state index contributed by atoms with van der Waals surface area (Å²) < 4.78 is 0. The molecule has 82 valence electrons. The van der Waals surface area contributed by atoms with Gasteiger partial charge in [-0.2, -0.15) is 0 Å². The van der Waals surface area contributed by atoms with E-state index in [4.69, 9.17) is 11.5 Å². The second-order valence-electron chi connectivity index (χ2n) is 3.41. The Kier molecular flexibility index (Phi) is 4.63. The molecule has 4 heteroatoms. The summed E-state index contributed by atoms with van der Waals surface area (Å²) in [5.41, 5.74) is 12.5. The second-order valence-corrected chi connectivity index (χ2v) is 3.41. The van der Waals surface area contributed by atoms with Crippen LogP contribution < -0.4 is 16.8 Å². The van der Waals surface area contributed by atoms with E-state index in [-0.39, 0.29) is 5.91 Å². The van der Waals surface area contributed by atoms with E-state index < -0.39 is 0 Å². The van der Waals surface area contributed by atoms with Gasteiger partial charge in [0.15, 0.2) is 0 Å². The first-order valence-corrected chi connectivity index (χ1v) is 5.03. The van der Waals surface area contributed by atoms with Gasteiger partial charge in [0.25, 0.3) is 0 Å². The number of hydrogen-bond donors (Lipinski definition) is 3. The van der Waals surface area contributed by atoms with Crippen LogP contribution in [0.1, 0.15) is 12.0 Å². The molecule has 5 N–H and O–H groups in total. The Balaban J connectivity index is 2.37. The Hall–Kier alpha value is -1.55. The lowest BCUT2D eigenvalue weighted by molar-refractivity contribution is -0.120. The molecular weight excluding hydrogens is 190 g/mol. The topological polar surface area (TPSA) is 81.1 Å². The highest BCUT2D eigenvalue weighted by atomic mass is 16.1. The van der Waals surface area contributed by atoms with Crippen molar-refractivity contribution in [3.63, 3.8) is 0 Å². The van der Waals surface area contributed by atoms with Gasteiger partial charge >= 0.3 is 0 Å². The molecule has 0 spiro atoms. The predicted octanol–water partition coefficient (Wildman–Crippen LogP) is 0.276. The first kappa shape index (κ1) is 11.5. The van der Waals surface area contributed by atoms with Gasteiger partial charge in [0.2, 0.25) is 5.91 Å². The molecule has 1 amide bonds. The van der Waals surface area contributed by atoms with Crippen LogP contribution in [0.3, 0.4) is 0 Å². The van der Waals surface area contributed by atoms with Crippen molar-refractivity contribution < 1.29 is 4.79 Å². The molecular formula is C11H17N3O. The predicted molar refractivity (Wildman–Crippen MR) is 61.2 cm³/mol. The molecule has 1 rings (SSSR count). The minimum absolute atomic E-state index is 0.00838. The summed E-state index contributed by atoms with van der Waals surface area (Å²) in [6, 6.07) is 7.34. The maximum Gasteiger partial charge on any atom is 0.224 e. The minimum Gasteiger partial charge on any atom is -0.399 e. The number of benzene rings is 1. The van der Waals surface area contributed by atoms with Gasteiger partial charge in [0.05, 0.1) is 6.42 Å². The van der Waals surface area contributed by atoms with Gasteiger partial charge < -0.3 is 16.8 Å². The number of amides is 1. The molecule has 0 saturated heterocycles. The van der Waals surface area contributed by atoms with Crippen LogP contribution in [-0.2, 0) is 11.2 Å². The Morgan fingerprint density at radius 2 is 2.20 bits per heavy atom. The quantitative estimate of drug-likeness (QED) is 0.479. The molecule has 1 aromatic carbocycles. The van der Waals surface area contributed by atoms with Gasteiger partial charge in [-0.05, 0) is 30.7 Å². The number of anilines is 1. The molecule has 0 saturated carbocycles. The van der Waals surface area contributed by atoms with Crippen LogP contribution in [0.2, 0.25) is 0 Å². The SMILES string of the molecule is NCCCNC(=O)Cc1cccc(N)c1. The van der Waals surface area contributed by atoms with Gasteiger partial charge in [-0.25, -0.2) is 0 Å². The summed E-state index contributed by atoms with van der Waals surface area (Å²) in [4.78, 5) is 11.4.